The average Bonchev–Trinajstić information content (AvgIpc) is 2.45. The van der Waals surface area contributed by atoms with E-state index in [4.69, 9.17) is 4.74 Å². The van der Waals surface area contributed by atoms with Crippen LogP contribution in [0.4, 0.5) is 0 Å². The predicted molar refractivity (Wildman–Crippen MR) is 49.1 cm³/mol. The summed E-state index contributed by atoms with van der Waals surface area (Å²) in [4.78, 5) is 0. The molecule has 0 saturated heterocycles. The van der Waals surface area contributed by atoms with E-state index in [1.54, 1.807) is 0 Å². The summed E-state index contributed by atoms with van der Waals surface area (Å²) in [6, 6.07) is 0. The Hall–Kier alpha value is -0.340. The molecule has 12 heavy (non-hydrogen) atoms. The number of allylic oxidation sites excluding steroid dienone is 1. The molecule has 0 aromatic rings. The molecule has 2 heteroatoms. The molecule has 1 aliphatic carbocycles. The van der Waals surface area contributed by atoms with E-state index in [0.717, 1.165) is 38.9 Å². The first-order valence-corrected chi connectivity index (χ1v) is 4.78. The van der Waals surface area contributed by atoms with Crippen molar-refractivity contribution in [3.8, 4) is 0 Å². The molecule has 1 rings (SSSR count). The van der Waals surface area contributed by atoms with Crippen molar-refractivity contribution in [1.82, 2.24) is 0 Å². The maximum Gasteiger partial charge on any atom is 0.0726 e. The van der Waals surface area contributed by atoms with Gasteiger partial charge in [0.2, 0.25) is 0 Å². The van der Waals surface area contributed by atoms with Gasteiger partial charge in [-0.25, -0.2) is 0 Å². The third-order valence-electron chi connectivity index (χ3n) is 2.18. The zero-order valence-corrected chi connectivity index (χ0v) is 7.75. The summed E-state index contributed by atoms with van der Waals surface area (Å²) in [7, 11) is 0. The van der Waals surface area contributed by atoms with Gasteiger partial charge in [-0.1, -0.05) is 11.6 Å². The van der Waals surface area contributed by atoms with E-state index >= 15 is 0 Å². The molecule has 0 bridgehead atoms. The smallest absolute Gasteiger partial charge is 0.0726 e. The van der Waals surface area contributed by atoms with Gasteiger partial charge in [-0.2, -0.15) is 0 Å². The molecular weight excluding hydrogens is 152 g/mol. The highest BCUT2D eigenvalue weighted by Crippen LogP contribution is 2.22. The lowest BCUT2D eigenvalue weighted by Crippen LogP contribution is -1.93. The van der Waals surface area contributed by atoms with Gasteiger partial charge in [-0.3, -0.25) is 0 Å². The lowest BCUT2D eigenvalue weighted by Gasteiger charge is -2.01. The predicted octanol–water partition coefficient (Wildman–Crippen LogP) is 1.88. The van der Waals surface area contributed by atoms with Crippen LogP contribution in [0.1, 0.15) is 32.6 Å². The molecule has 70 valence electrons. The molecule has 1 N–H and O–H groups in total. The van der Waals surface area contributed by atoms with Crippen molar-refractivity contribution in [3.05, 3.63) is 11.6 Å². The Morgan fingerprint density at radius 3 is 3.08 bits per heavy atom. The van der Waals surface area contributed by atoms with Gasteiger partial charge < -0.3 is 9.84 Å². The molecule has 0 fully saturated rings. The number of rotatable bonds is 5. The number of hydrogen-bond acceptors (Lipinski definition) is 2. The summed E-state index contributed by atoms with van der Waals surface area (Å²) < 4.78 is 5.23. The average molecular weight is 170 g/mol. The number of aliphatic hydroxyl groups excluding tert-OH is 1. The molecule has 0 heterocycles. The molecule has 0 spiro atoms. The van der Waals surface area contributed by atoms with Crippen LogP contribution >= 0.6 is 0 Å². The van der Waals surface area contributed by atoms with Crippen LogP contribution < -0.4 is 0 Å². The van der Waals surface area contributed by atoms with Crippen molar-refractivity contribution in [2.45, 2.75) is 38.7 Å². The monoisotopic (exact) mass is 170 g/mol. The highest BCUT2D eigenvalue weighted by Gasteiger charge is 2.11. The van der Waals surface area contributed by atoms with Crippen molar-refractivity contribution in [3.63, 3.8) is 0 Å². The van der Waals surface area contributed by atoms with Crippen molar-refractivity contribution < 1.29 is 9.84 Å². The molecule has 0 aromatic carbocycles. The highest BCUT2D eigenvalue weighted by molar-refractivity contribution is 5.11. The largest absolute Gasteiger partial charge is 0.389 e. The van der Waals surface area contributed by atoms with Crippen LogP contribution in [0.2, 0.25) is 0 Å². The first-order chi connectivity index (χ1) is 5.83. The summed E-state index contributed by atoms with van der Waals surface area (Å²) in [5, 5.41) is 9.19. The van der Waals surface area contributed by atoms with Crippen LogP contribution in [0.15, 0.2) is 11.6 Å². The fourth-order valence-corrected chi connectivity index (χ4v) is 1.53. The zero-order chi connectivity index (χ0) is 8.81. The van der Waals surface area contributed by atoms with E-state index in [1.165, 1.54) is 5.57 Å². The second-order valence-electron chi connectivity index (χ2n) is 3.23. The third-order valence-corrected chi connectivity index (χ3v) is 2.18. The number of ether oxygens (including phenoxy) is 1. The summed E-state index contributed by atoms with van der Waals surface area (Å²) >= 11 is 0. The van der Waals surface area contributed by atoms with E-state index in [2.05, 4.69) is 0 Å². The van der Waals surface area contributed by atoms with Crippen LogP contribution in [0.3, 0.4) is 0 Å². The maximum atomic E-state index is 9.19. The quantitative estimate of drug-likeness (QED) is 0.504. The minimum Gasteiger partial charge on any atom is -0.389 e. The van der Waals surface area contributed by atoms with Gasteiger partial charge >= 0.3 is 0 Å². The molecule has 0 aromatic heterocycles. The lowest BCUT2D eigenvalue weighted by molar-refractivity contribution is 0.145. The molecule has 2 nitrogen and oxygen atoms in total. The molecule has 0 aliphatic heterocycles. The van der Waals surface area contributed by atoms with Crippen LogP contribution in [0, 0.1) is 0 Å². The maximum absolute atomic E-state index is 9.19. The number of hydrogen-bond donors (Lipinski definition) is 1. The number of aliphatic hydroxyl groups is 1. The Morgan fingerprint density at radius 1 is 1.67 bits per heavy atom. The minimum atomic E-state index is -0.174. The van der Waals surface area contributed by atoms with Crippen LogP contribution in [-0.2, 0) is 4.74 Å². The van der Waals surface area contributed by atoms with E-state index < -0.39 is 0 Å². The highest BCUT2D eigenvalue weighted by atomic mass is 16.5. The SMILES string of the molecule is CCOCCCC1=CC(O)CC1. The van der Waals surface area contributed by atoms with E-state index in [9.17, 15) is 5.11 Å². The summed E-state index contributed by atoms with van der Waals surface area (Å²) in [5.41, 5.74) is 1.40. The van der Waals surface area contributed by atoms with Crippen LogP contribution in [0.25, 0.3) is 0 Å². The van der Waals surface area contributed by atoms with Gasteiger partial charge in [0.1, 0.15) is 0 Å². The van der Waals surface area contributed by atoms with Gasteiger partial charge in [0.25, 0.3) is 0 Å². The van der Waals surface area contributed by atoms with Crippen molar-refractivity contribution >= 4 is 0 Å². The summed E-state index contributed by atoms with van der Waals surface area (Å²) in [6.07, 6.45) is 6.00. The second kappa shape index (κ2) is 5.33. The normalized spacial score (nSPS) is 22.8. The van der Waals surface area contributed by atoms with Gasteiger partial charge in [0.05, 0.1) is 6.10 Å². The van der Waals surface area contributed by atoms with Crippen LogP contribution in [-0.4, -0.2) is 24.4 Å². The molecule has 1 unspecified atom stereocenters. The van der Waals surface area contributed by atoms with Crippen LogP contribution in [0.5, 0.6) is 0 Å². The Kier molecular flexibility index (Phi) is 4.33. The van der Waals surface area contributed by atoms with E-state index in [1.807, 2.05) is 13.0 Å². The zero-order valence-electron chi connectivity index (χ0n) is 7.75. The van der Waals surface area contributed by atoms with Gasteiger partial charge in [0.15, 0.2) is 0 Å². The van der Waals surface area contributed by atoms with Crippen molar-refractivity contribution in [2.75, 3.05) is 13.2 Å². The van der Waals surface area contributed by atoms with Gasteiger partial charge in [0, 0.05) is 13.2 Å². The summed E-state index contributed by atoms with van der Waals surface area (Å²) in [5.74, 6) is 0. The fraction of sp³-hybridized carbons (Fsp3) is 0.800. The molecular formula is C10H18O2. The topological polar surface area (TPSA) is 29.5 Å². The minimum absolute atomic E-state index is 0.174. The Labute approximate surface area is 74.2 Å². The van der Waals surface area contributed by atoms with Gasteiger partial charge in [-0.15, -0.1) is 0 Å². The van der Waals surface area contributed by atoms with E-state index in [-0.39, 0.29) is 6.10 Å². The standard InChI is InChI=1S/C10H18O2/c1-2-12-7-3-4-9-5-6-10(11)8-9/h8,10-11H,2-7H2,1H3. The Morgan fingerprint density at radius 2 is 2.50 bits per heavy atom. The van der Waals surface area contributed by atoms with Crippen molar-refractivity contribution in [2.24, 2.45) is 0 Å². The Balaban J connectivity index is 2.03. The molecule has 1 atom stereocenters. The molecule has 0 saturated carbocycles. The molecule has 1 aliphatic rings. The first kappa shape index (κ1) is 9.75. The van der Waals surface area contributed by atoms with Crippen molar-refractivity contribution in [1.29, 1.82) is 0 Å². The fourth-order valence-electron chi connectivity index (χ4n) is 1.53. The third kappa shape index (κ3) is 3.37. The lowest BCUT2D eigenvalue weighted by atomic mass is 10.1. The Bertz CT molecular complexity index is 152. The van der Waals surface area contributed by atoms with E-state index in [0.29, 0.717) is 0 Å². The van der Waals surface area contributed by atoms with Gasteiger partial charge in [-0.05, 0) is 32.6 Å². The molecule has 0 radical (unpaired) electrons. The first-order valence-electron chi connectivity index (χ1n) is 4.78. The molecule has 0 amide bonds. The summed E-state index contributed by atoms with van der Waals surface area (Å²) in [6.45, 7) is 3.67. The second-order valence-corrected chi connectivity index (χ2v) is 3.23.